The van der Waals surface area contributed by atoms with Crippen LogP contribution in [0, 0.1) is 5.92 Å². The second-order valence-electron chi connectivity index (χ2n) is 5.66. The van der Waals surface area contributed by atoms with Gasteiger partial charge in [0, 0.05) is 5.56 Å². The van der Waals surface area contributed by atoms with E-state index in [0.717, 1.165) is 5.56 Å². The number of hydrogen-bond donors (Lipinski definition) is 1. The molecular weight excluding hydrogens is 290 g/mol. The monoisotopic (exact) mass is 311 g/mol. The van der Waals surface area contributed by atoms with E-state index in [4.69, 9.17) is 4.74 Å². The number of nitrogens with one attached hydrogen (secondary N) is 1. The summed E-state index contributed by atoms with van der Waals surface area (Å²) >= 11 is 0. The molecule has 2 aromatic carbocycles. The molecule has 4 nitrogen and oxygen atoms in total. The van der Waals surface area contributed by atoms with Crippen molar-refractivity contribution in [3.05, 3.63) is 71.8 Å². The number of amides is 1. The summed E-state index contributed by atoms with van der Waals surface area (Å²) in [4.78, 5) is 24.5. The highest BCUT2D eigenvalue weighted by atomic mass is 16.5. The van der Waals surface area contributed by atoms with E-state index in [-0.39, 0.29) is 18.3 Å². The molecule has 0 aliphatic carbocycles. The smallest absolute Gasteiger partial charge is 0.408 e. The van der Waals surface area contributed by atoms with Gasteiger partial charge >= 0.3 is 6.09 Å². The normalized spacial score (nSPS) is 11.8. The van der Waals surface area contributed by atoms with E-state index in [0.29, 0.717) is 5.56 Å². The van der Waals surface area contributed by atoms with E-state index < -0.39 is 12.1 Å². The lowest BCUT2D eigenvalue weighted by atomic mass is 9.95. The Morgan fingerprint density at radius 3 is 2.09 bits per heavy atom. The standard InChI is InChI=1S/C19H21NO3/c1-14(2)17(18(21)16-11-7-4-8-12-16)20-19(22)23-13-15-9-5-3-6-10-15/h3-12,14,17H,13H2,1-2H3,(H,20,22)/t17-/m0/s1. The van der Waals surface area contributed by atoms with Crippen molar-refractivity contribution < 1.29 is 14.3 Å². The van der Waals surface area contributed by atoms with Crippen LogP contribution in [0.2, 0.25) is 0 Å². The van der Waals surface area contributed by atoms with Crippen LogP contribution < -0.4 is 5.32 Å². The lowest BCUT2D eigenvalue weighted by Crippen LogP contribution is -2.44. The fourth-order valence-electron chi connectivity index (χ4n) is 2.21. The van der Waals surface area contributed by atoms with Crippen molar-refractivity contribution in [3.63, 3.8) is 0 Å². The van der Waals surface area contributed by atoms with Crippen LogP contribution in [0.4, 0.5) is 4.79 Å². The molecule has 0 saturated heterocycles. The van der Waals surface area contributed by atoms with Gasteiger partial charge in [-0.3, -0.25) is 4.79 Å². The van der Waals surface area contributed by atoms with Crippen LogP contribution in [-0.4, -0.2) is 17.9 Å². The van der Waals surface area contributed by atoms with Crippen molar-refractivity contribution in [2.75, 3.05) is 0 Å². The van der Waals surface area contributed by atoms with Crippen molar-refractivity contribution in [3.8, 4) is 0 Å². The van der Waals surface area contributed by atoms with Crippen LogP contribution >= 0.6 is 0 Å². The van der Waals surface area contributed by atoms with Crippen LogP contribution in [0.1, 0.15) is 29.8 Å². The van der Waals surface area contributed by atoms with Crippen molar-refractivity contribution >= 4 is 11.9 Å². The number of alkyl carbamates (subject to hydrolysis) is 1. The number of hydrogen-bond acceptors (Lipinski definition) is 3. The Balaban J connectivity index is 1.96. The molecule has 0 radical (unpaired) electrons. The molecule has 4 heteroatoms. The summed E-state index contributed by atoms with van der Waals surface area (Å²) in [5.74, 6) is -0.149. The Labute approximate surface area is 136 Å². The van der Waals surface area contributed by atoms with E-state index in [2.05, 4.69) is 5.32 Å². The summed E-state index contributed by atoms with van der Waals surface area (Å²) in [6, 6.07) is 17.8. The van der Waals surface area contributed by atoms with Crippen LogP contribution in [-0.2, 0) is 11.3 Å². The van der Waals surface area contributed by atoms with Gasteiger partial charge in [0.15, 0.2) is 5.78 Å². The zero-order chi connectivity index (χ0) is 16.7. The van der Waals surface area contributed by atoms with E-state index in [1.807, 2.05) is 50.2 Å². The Bertz CT molecular complexity index is 638. The average molecular weight is 311 g/mol. The van der Waals surface area contributed by atoms with Crippen molar-refractivity contribution in [1.82, 2.24) is 5.32 Å². The summed E-state index contributed by atoms with van der Waals surface area (Å²) in [6.45, 7) is 3.96. The third kappa shape index (κ3) is 4.95. The number of Topliss-reactive ketones (excluding diaryl/α,β-unsaturated/α-hetero) is 1. The zero-order valence-corrected chi connectivity index (χ0v) is 13.4. The number of rotatable bonds is 6. The fourth-order valence-corrected chi connectivity index (χ4v) is 2.21. The van der Waals surface area contributed by atoms with Gasteiger partial charge in [-0.25, -0.2) is 4.79 Å². The second-order valence-corrected chi connectivity index (χ2v) is 5.66. The van der Waals surface area contributed by atoms with E-state index >= 15 is 0 Å². The third-order valence-corrected chi connectivity index (χ3v) is 3.49. The van der Waals surface area contributed by atoms with Gasteiger partial charge in [0.2, 0.25) is 0 Å². The molecule has 0 aromatic heterocycles. The summed E-state index contributed by atoms with van der Waals surface area (Å²) in [5.41, 5.74) is 1.48. The highest BCUT2D eigenvalue weighted by Gasteiger charge is 2.25. The van der Waals surface area contributed by atoms with Crippen LogP contribution in [0.5, 0.6) is 0 Å². The first-order chi connectivity index (χ1) is 11.1. The summed E-state index contributed by atoms with van der Waals surface area (Å²) < 4.78 is 5.19. The molecular formula is C19H21NO3. The Kier molecular flexibility index (Phi) is 5.92. The lowest BCUT2D eigenvalue weighted by molar-refractivity contribution is 0.0886. The summed E-state index contributed by atoms with van der Waals surface area (Å²) in [7, 11) is 0. The minimum absolute atomic E-state index is 0.0352. The molecule has 0 bridgehead atoms. The predicted molar refractivity (Wildman–Crippen MR) is 89.2 cm³/mol. The minimum Gasteiger partial charge on any atom is -0.445 e. The molecule has 2 rings (SSSR count). The highest BCUT2D eigenvalue weighted by Crippen LogP contribution is 2.11. The largest absolute Gasteiger partial charge is 0.445 e. The maximum absolute atomic E-state index is 12.5. The molecule has 1 atom stereocenters. The van der Waals surface area contributed by atoms with Gasteiger partial charge in [0.25, 0.3) is 0 Å². The Morgan fingerprint density at radius 2 is 1.52 bits per heavy atom. The molecule has 0 spiro atoms. The van der Waals surface area contributed by atoms with Crippen molar-refractivity contribution in [1.29, 1.82) is 0 Å². The minimum atomic E-state index is -0.610. The SMILES string of the molecule is CC(C)[C@H](NC(=O)OCc1ccccc1)C(=O)c1ccccc1. The Morgan fingerprint density at radius 1 is 0.957 bits per heavy atom. The molecule has 0 unspecified atom stereocenters. The fraction of sp³-hybridized carbons (Fsp3) is 0.263. The molecule has 120 valence electrons. The molecule has 0 aliphatic heterocycles. The van der Waals surface area contributed by atoms with Gasteiger partial charge in [-0.1, -0.05) is 74.5 Å². The number of carbonyl (C=O) groups is 2. The number of ketones is 1. The van der Waals surface area contributed by atoms with Gasteiger partial charge < -0.3 is 10.1 Å². The van der Waals surface area contributed by atoms with E-state index in [1.165, 1.54) is 0 Å². The van der Waals surface area contributed by atoms with Crippen molar-refractivity contribution in [2.45, 2.75) is 26.5 Å². The molecule has 1 N–H and O–H groups in total. The maximum Gasteiger partial charge on any atom is 0.408 e. The Hall–Kier alpha value is -2.62. The quantitative estimate of drug-likeness (QED) is 0.825. The molecule has 0 aliphatic rings. The average Bonchev–Trinajstić information content (AvgIpc) is 2.58. The summed E-state index contributed by atoms with van der Waals surface area (Å²) in [5, 5.41) is 2.67. The van der Waals surface area contributed by atoms with Gasteiger partial charge in [-0.2, -0.15) is 0 Å². The molecule has 0 heterocycles. The molecule has 0 saturated carbocycles. The topological polar surface area (TPSA) is 55.4 Å². The molecule has 2 aromatic rings. The van der Waals surface area contributed by atoms with Gasteiger partial charge in [0.1, 0.15) is 6.61 Å². The first kappa shape index (κ1) is 16.7. The zero-order valence-electron chi connectivity index (χ0n) is 13.4. The number of benzene rings is 2. The highest BCUT2D eigenvalue weighted by molar-refractivity contribution is 6.01. The lowest BCUT2D eigenvalue weighted by Gasteiger charge is -2.21. The van der Waals surface area contributed by atoms with Gasteiger partial charge in [-0.15, -0.1) is 0 Å². The number of carbonyl (C=O) groups excluding carboxylic acids is 2. The van der Waals surface area contributed by atoms with Crippen molar-refractivity contribution in [2.24, 2.45) is 5.92 Å². The second kappa shape index (κ2) is 8.13. The predicted octanol–water partition coefficient (Wildman–Crippen LogP) is 3.82. The van der Waals surface area contributed by atoms with Crippen LogP contribution in [0.15, 0.2) is 60.7 Å². The molecule has 0 fully saturated rings. The van der Waals surface area contributed by atoms with E-state index in [9.17, 15) is 9.59 Å². The first-order valence-corrected chi connectivity index (χ1v) is 7.64. The van der Waals surface area contributed by atoms with Crippen LogP contribution in [0.3, 0.4) is 0 Å². The summed E-state index contributed by atoms with van der Waals surface area (Å²) in [6.07, 6.45) is -0.586. The molecule has 1 amide bonds. The maximum atomic E-state index is 12.5. The van der Waals surface area contributed by atoms with E-state index in [1.54, 1.807) is 24.3 Å². The first-order valence-electron chi connectivity index (χ1n) is 7.64. The molecule has 23 heavy (non-hydrogen) atoms. The van der Waals surface area contributed by atoms with Gasteiger partial charge in [0.05, 0.1) is 6.04 Å². The number of ether oxygens (including phenoxy) is 1. The van der Waals surface area contributed by atoms with Gasteiger partial charge in [-0.05, 0) is 11.5 Å². The third-order valence-electron chi connectivity index (χ3n) is 3.49. The van der Waals surface area contributed by atoms with Crippen LogP contribution in [0.25, 0.3) is 0 Å².